The maximum Gasteiger partial charge on any atom is 0.260 e. The van der Waals surface area contributed by atoms with E-state index in [1.807, 2.05) is 32.3 Å². The Morgan fingerprint density at radius 3 is 2.38 bits per heavy atom. The molecule has 0 saturated heterocycles. The minimum absolute atomic E-state index is 0.126. The summed E-state index contributed by atoms with van der Waals surface area (Å²) in [5.74, 6) is 1.03. The second-order valence-electron chi connectivity index (χ2n) is 6.82. The van der Waals surface area contributed by atoms with E-state index in [4.69, 9.17) is 14.5 Å². The third-order valence-corrected chi connectivity index (χ3v) is 5.94. The fourth-order valence-electron chi connectivity index (χ4n) is 2.92. The van der Waals surface area contributed by atoms with Gasteiger partial charge in [0.05, 0.1) is 24.4 Å². The first-order valence-corrected chi connectivity index (χ1v) is 10.8. The van der Waals surface area contributed by atoms with Gasteiger partial charge in [-0.25, -0.2) is 4.98 Å². The highest BCUT2D eigenvalue weighted by molar-refractivity contribution is 9.10. The van der Waals surface area contributed by atoms with Crippen molar-refractivity contribution < 1.29 is 14.3 Å². The van der Waals surface area contributed by atoms with E-state index >= 15 is 0 Å². The Morgan fingerprint density at radius 1 is 1.07 bits per heavy atom. The maximum absolute atomic E-state index is 13.5. The molecule has 0 unspecified atom stereocenters. The van der Waals surface area contributed by atoms with Gasteiger partial charge in [-0.2, -0.15) is 0 Å². The Bertz CT molecular complexity index is 984. The van der Waals surface area contributed by atoms with Crippen LogP contribution in [0.15, 0.2) is 40.9 Å². The van der Waals surface area contributed by atoms with Crippen LogP contribution in [0.5, 0.6) is 11.5 Å². The summed E-state index contributed by atoms with van der Waals surface area (Å²) in [4.78, 5) is 22.0. The van der Waals surface area contributed by atoms with Crippen LogP contribution >= 0.6 is 27.3 Å². The van der Waals surface area contributed by atoms with Crippen molar-refractivity contribution in [2.24, 2.45) is 0 Å². The third kappa shape index (κ3) is 5.26. The van der Waals surface area contributed by atoms with E-state index in [1.165, 1.54) is 11.3 Å². The zero-order chi connectivity index (χ0) is 21.0. The molecular formula is C21H24BrN3O3S. The lowest BCUT2D eigenvalue weighted by Crippen LogP contribution is -2.33. The molecule has 2 aromatic carbocycles. The van der Waals surface area contributed by atoms with Gasteiger partial charge in [0.15, 0.2) is 5.13 Å². The van der Waals surface area contributed by atoms with Crippen molar-refractivity contribution in [3.8, 4) is 11.5 Å². The molecule has 3 aromatic rings. The van der Waals surface area contributed by atoms with E-state index in [-0.39, 0.29) is 5.91 Å². The highest BCUT2D eigenvalue weighted by Gasteiger charge is 2.22. The van der Waals surface area contributed by atoms with Crippen molar-refractivity contribution >= 4 is 48.5 Å². The Balaban J connectivity index is 1.98. The van der Waals surface area contributed by atoms with Gasteiger partial charge in [0.1, 0.15) is 11.5 Å². The molecule has 8 heteroatoms. The van der Waals surface area contributed by atoms with Crippen LogP contribution in [0.3, 0.4) is 0 Å². The Hall–Kier alpha value is -2.16. The average molecular weight is 478 g/mol. The summed E-state index contributed by atoms with van der Waals surface area (Å²) >= 11 is 5.01. The van der Waals surface area contributed by atoms with E-state index < -0.39 is 0 Å². The number of rotatable bonds is 8. The van der Waals surface area contributed by atoms with E-state index in [0.717, 1.165) is 27.7 Å². The summed E-state index contributed by atoms with van der Waals surface area (Å²) in [6.45, 7) is 1.44. The Kier molecular flexibility index (Phi) is 7.10. The first-order chi connectivity index (χ1) is 13.9. The number of nitrogens with zero attached hydrogens (tertiary/aromatic N) is 3. The molecule has 0 fully saturated rings. The standard InChI is InChI=1S/C21H24BrN3O3S/c1-24(2)8-5-9-25(21-23-18-7-6-15(22)12-19(18)29-21)20(26)14-10-16(27-3)13-17(11-14)28-4/h6-7,10-13H,5,8-9H2,1-4H3. The predicted molar refractivity (Wildman–Crippen MR) is 122 cm³/mol. The predicted octanol–water partition coefficient (Wildman–Crippen LogP) is 4.67. The van der Waals surface area contributed by atoms with Gasteiger partial charge in [-0.05, 0) is 57.4 Å². The molecule has 0 aliphatic carbocycles. The van der Waals surface area contributed by atoms with E-state index in [0.29, 0.717) is 28.7 Å². The van der Waals surface area contributed by atoms with Crippen LogP contribution in [-0.4, -0.2) is 57.2 Å². The number of anilines is 1. The second-order valence-corrected chi connectivity index (χ2v) is 8.75. The van der Waals surface area contributed by atoms with Crippen LogP contribution in [0, 0.1) is 0 Å². The van der Waals surface area contributed by atoms with Gasteiger partial charge in [-0.15, -0.1) is 0 Å². The highest BCUT2D eigenvalue weighted by Crippen LogP contribution is 2.32. The van der Waals surface area contributed by atoms with Crippen molar-refractivity contribution in [1.82, 2.24) is 9.88 Å². The van der Waals surface area contributed by atoms with Crippen molar-refractivity contribution in [3.63, 3.8) is 0 Å². The molecule has 0 atom stereocenters. The molecule has 29 heavy (non-hydrogen) atoms. The number of aromatic nitrogens is 1. The number of hydrogen-bond donors (Lipinski definition) is 0. The minimum atomic E-state index is -0.126. The number of methoxy groups -OCH3 is 2. The summed E-state index contributed by atoms with van der Waals surface area (Å²) in [5.41, 5.74) is 1.38. The summed E-state index contributed by atoms with van der Waals surface area (Å²) in [6.07, 6.45) is 0.833. The largest absolute Gasteiger partial charge is 0.497 e. The number of hydrogen-bond acceptors (Lipinski definition) is 6. The summed E-state index contributed by atoms with van der Waals surface area (Å²) in [6, 6.07) is 11.1. The van der Waals surface area contributed by atoms with E-state index in [9.17, 15) is 4.79 Å². The van der Waals surface area contributed by atoms with Crippen LogP contribution in [-0.2, 0) is 0 Å². The third-order valence-electron chi connectivity index (χ3n) is 4.40. The lowest BCUT2D eigenvalue weighted by molar-refractivity contribution is 0.0985. The highest BCUT2D eigenvalue weighted by atomic mass is 79.9. The zero-order valence-electron chi connectivity index (χ0n) is 16.9. The number of amides is 1. The van der Waals surface area contributed by atoms with Crippen LogP contribution in [0.4, 0.5) is 5.13 Å². The molecule has 154 valence electrons. The molecule has 0 aliphatic heterocycles. The monoisotopic (exact) mass is 477 g/mol. The van der Waals surface area contributed by atoms with E-state index in [2.05, 4.69) is 20.8 Å². The van der Waals surface area contributed by atoms with Crippen molar-refractivity contribution in [1.29, 1.82) is 0 Å². The minimum Gasteiger partial charge on any atom is -0.497 e. The van der Waals surface area contributed by atoms with Crippen LogP contribution in [0.25, 0.3) is 10.2 Å². The molecule has 1 aromatic heterocycles. The topological polar surface area (TPSA) is 54.9 Å². The van der Waals surface area contributed by atoms with Crippen LogP contribution < -0.4 is 14.4 Å². The number of halogens is 1. The Labute approximate surface area is 183 Å². The smallest absolute Gasteiger partial charge is 0.260 e. The fourth-order valence-corrected chi connectivity index (χ4v) is 4.46. The number of carbonyl (C=O) groups is 1. The van der Waals surface area contributed by atoms with Crippen LogP contribution in [0.2, 0.25) is 0 Å². The van der Waals surface area contributed by atoms with Crippen molar-refractivity contribution in [2.75, 3.05) is 46.3 Å². The van der Waals surface area contributed by atoms with Gasteiger partial charge < -0.3 is 14.4 Å². The number of carbonyl (C=O) groups excluding carboxylic acids is 1. The molecule has 1 heterocycles. The number of benzene rings is 2. The van der Waals surface area contributed by atoms with Gasteiger partial charge in [-0.1, -0.05) is 27.3 Å². The molecule has 0 spiro atoms. The van der Waals surface area contributed by atoms with E-state index in [1.54, 1.807) is 37.3 Å². The summed E-state index contributed by atoms with van der Waals surface area (Å²) in [7, 11) is 7.19. The number of thiazole rings is 1. The molecular weight excluding hydrogens is 454 g/mol. The fraction of sp³-hybridized carbons (Fsp3) is 0.333. The van der Waals surface area contributed by atoms with Crippen molar-refractivity contribution in [3.05, 3.63) is 46.4 Å². The lowest BCUT2D eigenvalue weighted by atomic mass is 10.1. The second kappa shape index (κ2) is 9.56. The average Bonchev–Trinajstić information content (AvgIpc) is 3.12. The maximum atomic E-state index is 13.5. The normalized spacial score (nSPS) is 11.1. The molecule has 0 N–H and O–H groups in total. The van der Waals surface area contributed by atoms with Gasteiger partial charge in [0.25, 0.3) is 5.91 Å². The first-order valence-electron chi connectivity index (χ1n) is 9.17. The van der Waals surface area contributed by atoms with Crippen molar-refractivity contribution in [2.45, 2.75) is 6.42 Å². The first kappa shape index (κ1) is 21.5. The van der Waals surface area contributed by atoms with Gasteiger partial charge in [0.2, 0.25) is 0 Å². The molecule has 0 aliphatic rings. The zero-order valence-corrected chi connectivity index (χ0v) is 19.3. The Morgan fingerprint density at radius 2 is 1.76 bits per heavy atom. The summed E-state index contributed by atoms with van der Waals surface area (Å²) in [5, 5.41) is 0.684. The molecule has 6 nitrogen and oxygen atoms in total. The van der Waals surface area contributed by atoms with Gasteiger partial charge >= 0.3 is 0 Å². The molecule has 0 bridgehead atoms. The van der Waals surface area contributed by atoms with Gasteiger partial charge in [-0.3, -0.25) is 9.69 Å². The van der Waals surface area contributed by atoms with Crippen LogP contribution in [0.1, 0.15) is 16.8 Å². The number of fused-ring (bicyclic) bond motifs is 1. The SMILES string of the molecule is COc1cc(OC)cc(C(=O)N(CCCN(C)C)c2nc3ccc(Br)cc3s2)c1. The quantitative estimate of drug-likeness (QED) is 0.471. The number of ether oxygens (including phenoxy) is 2. The summed E-state index contributed by atoms with van der Waals surface area (Å²) < 4.78 is 12.7. The van der Waals surface area contributed by atoms with Gasteiger partial charge in [0, 0.05) is 22.6 Å². The molecule has 3 rings (SSSR count). The lowest BCUT2D eigenvalue weighted by Gasteiger charge is -2.21. The molecule has 1 amide bonds. The molecule has 0 radical (unpaired) electrons. The molecule has 0 saturated carbocycles.